The molecule has 2 rings (SSSR count). The second-order valence-corrected chi connectivity index (χ2v) is 4.35. The molecule has 88 valence electrons. The maximum absolute atomic E-state index is 10.9. The van der Waals surface area contributed by atoms with E-state index < -0.39 is 0 Å². The number of rotatable bonds is 4. The van der Waals surface area contributed by atoms with E-state index in [0.29, 0.717) is 29.4 Å². The van der Waals surface area contributed by atoms with Crippen molar-refractivity contribution >= 4 is 17.4 Å². The molecule has 0 saturated carbocycles. The Balaban J connectivity index is 2.08. The molecule has 0 saturated heterocycles. The van der Waals surface area contributed by atoms with Gasteiger partial charge in [0, 0.05) is 11.4 Å². The largest absolute Gasteiger partial charge is 0.448 e. The molecule has 0 aliphatic heterocycles. The van der Waals surface area contributed by atoms with E-state index in [4.69, 9.17) is 16.0 Å². The van der Waals surface area contributed by atoms with E-state index >= 15 is 0 Å². The Kier molecular flexibility index (Phi) is 3.59. The van der Waals surface area contributed by atoms with Crippen LogP contribution < -0.4 is 0 Å². The lowest BCUT2D eigenvalue weighted by Crippen LogP contribution is -1.97. The third-order valence-electron chi connectivity index (χ3n) is 2.27. The lowest BCUT2D eigenvalue weighted by molar-refractivity contribution is -0.116. The van der Waals surface area contributed by atoms with Crippen LogP contribution in [0.25, 0.3) is 0 Å². The number of hydrogen-bond donors (Lipinski definition) is 0. The number of nitrogens with zero attached hydrogens (tertiary/aromatic N) is 1. The third-order valence-corrected chi connectivity index (χ3v) is 2.51. The van der Waals surface area contributed by atoms with Gasteiger partial charge >= 0.3 is 0 Å². The van der Waals surface area contributed by atoms with Crippen molar-refractivity contribution in [3.05, 3.63) is 52.7 Å². The van der Waals surface area contributed by atoms with Crippen molar-refractivity contribution in [3.8, 4) is 0 Å². The minimum Gasteiger partial charge on any atom is -0.448 e. The first-order valence-electron chi connectivity index (χ1n) is 5.30. The third kappa shape index (κ3) is 3.43. The molecule has 4 heteroatoms. The molecule has 1 aromatic carbocycles. The molecule has 0 unspecified atom stereocenters. The Bertz CT molecular complexity index is 534. The van der Waals surface area contributed by atoms with Crippen LogP contribution in [0.1, 0.15) is 24.1 Å². The molecule has 0 fully saturated rings. The van der Waals surface area contributed by atoms with Crippen LogP contribution in [0.4, 0.5) is 0 Å². The van der Waals surface area contributed by atoms with Gasteiger partial charge in [-0.15, -0.1) is 0 Å². The molecule has 0 bridgehead atoms. The zero-order chi connectivity index (χ0) is 12.3. The molecule has 0 aliphatic carbocycles. The fourth-order valence-corrected chi connectivity index (χ4v) is 1.80. The molecule has 0 N–H and O–H groups in total. The Labute approximate surface area is 104 Å². The van der Waals surface area contributed by atoms with Crippen molar-refractivity contribution in [2.24, 2.45) is 0 Å². The summed E-state index contributed by atoms with van der Waals surface area (Å²) in [6.07, 6.45) is 2.43. The summed E-state index contributed by atoms with van der Waals surface area (Å²) in [4.78, 5) is 15.2. The molecule has 1 aromatic heterocycles. The standard InChI is InChI=1S/C13H12ClNO2/c1-9(16)5-12-8-17-13(15-12)7-10-3-2-4-11(14)6-10/h2-4,6,8H,5,7H2,1H3. The second kappa shape index (κ2) is 5.15. The molecule has 1 heterocycles. The van der Waals surface area contributed by atoms with Crippen molar-refractivity contribution in [3.63, 3.8) is 0 Å². The number of aromatic nitrogens is 1. The molecule has 0 atom stereocenters. The first-order valence-corrected chi connectivity index (χ1v) is 5.68. The Hall–Kier alpha value is -1.61. The fraction of sp³-hybridized carbons (Fsp3) is 0.231. The first kappa shape index (κ1) is 11.9. The van der Waals surface area contributed by atoms with E-state index in [-0.39, 0.29) is 5.78 Å². The summed E-state index contributed by atoms with van der Waals surface area (Å²) >= 11 is 5.89. The van der Waals surface area contributed by atoms with Crippen molar-refractivity contribution in [1.82, 2.24) is 4.98 Å². The normalized spacial score (nSPS) is 10.5. The van der Waals surface area contributed by atoms with Crippen LogP contribution in [0, 0.1) is 0 Å². The van der Waals surface area contributed by atoms with E-state index in [2.05, 4.69) is 4.98 Å². The Morgan fingerprint density at radius 1 is 1.47 bits per heavy atom. The molecule has 3 nitrogen and oxygen atoms in total. The van der Waals surface area contributed by atoms with Gasteiger partial charge in [0.05, 0.1) is 12.1 Å². The highest BCUT2D eigenvalue weighted by molar-refractivity contribution is 6.30. The van der Waals surface area contributed by atoms with Gasteiger partial charge in [-0.25, -0.2) is 4.98 Å². The summed E-state index contributed by atoms with van der Waals surface area (Å²) in [5.41, 5.74) is 1.71. The SMILES string of the molecule is CC(=O)Cc1coc(Cc2cccc(Cl)c2)n1. The molecular formula is C13H12ClNO2. The van der Waals surface area contributed by atoms with Crippen molar-refractivity contribution < 1.29 is 9.21 Å². The number of oxazole rings is 1. The van der Waals surface area contributed by atoms with E-state index in [1.807, 2.05) is 24.3 Å². The van der Waals surface area contributed by atoms with Gasteiger partial charge in [0.2, 0.25) is 0 Å². The summed E-state index contributed by atoms with van der Waals surface area (Å²) in [6, 6.07) is 7.54. The van der Waals surface area contributed by atoms with Gasteiger partial charge in [-0.3, -0.25) is 4.79 Å². The van der Waals surface area contributed by atoms with Gasteiger partial charge in [0.25, 0.3) is 0 Å². The van der Waals surface area contributed by atoms with Gasteiger partial charge in [-0.2, -0.15) is 0 Å². The topological polar surface area (TPSA) is 43.1 Å². The Morgan fingerprint density at radius 2 is 2.29 bits per heavy atom. The average Bonchev–Trinajstić information content (AvgIpc) is 2.64. The van der Waals surface area contributed by atoms with Crippen LogP contribution in [-0.2, 0) is 17.6 Å². The van der Waals surface area contributed by atoms with Crippen molar-refractivity contribution in [2.45, 2.75) is 19.8 Å². The first-order chi connectivity index (χ1) is 8.13. The highest BCUT2D eigenvalue weighted by Crippen LogP contribution is 2.14. The molecular weight excluding hydrogens is 238 g/mol. The fourth-order valence-electron chi connectivity index (χ4n) is 1.59. The maximum atomic E-state index is 10.9. The van der Waals surface area contributed by atoms with Crippen molar-refractivity contribution in [1.29, 1.82) is 0 Å². The summed E-state index contributed by atoms with van der Waals surface area (Å²) in [5, 5.41) is 0.693. The van der Waals surface area contributed by atoms with Crippen LogP contribution in [0.3, 0.4) is 0 Å². The summed E-state index contributed by atoms with van der Waals surface area (Å²) in [5.74, 6) is 0.677. The number of carbonyl (C=O) groups is 1. The second-order valence-electron chi connectivity index (χ2n) is 3.92. The van der Waals surface area contributed by atoms with Crippen molar-refractivity contribution in [2.75, 3.05) is 0 Å². The van der Waals surface area contributed by atoms with Crippen LogP contribution >= 0.6 is 11.6 Å². The van der Waals surface area contributed by atoms with Crippen LogP contribution in [0.5, 0.6) is 0 Å². The highest BCUT2D eigenvalue weighted by Gasteiger charge is 2.07. The zero-order valence-corrected chi connectivity index (χ0v) is 10.2. The minimum absolute atomic E-state index is 0.0765. The van der Waals surface area contributed by atoms with E-state index in [1.54, 1.807) is 0 Å². The number of hydrogen-bond acceptors (Lipinski definition) is 3. The number of halogens is 1. The summed E-state index contributed by atoms with van der Waals surface area (Å²) in [6.45, 7) is 1.53. The number of Topliss-reactive ketones (excluding diaryl/α,β-unsaturated/α-hetero) is 1. The molecule has 2 aromatic rings. The van der Waals surface area contributed by atoms with Gasteiger partial charge in [-0.05, 0) is 24.6 Å². The number of benzene rings is 1. The Morgan fingerprint density at radius 3 is 3.00 bits per heavy atom. The lowest BCUT2D eigenvalue weighted by atomic mass is 10.1. The molecule has 17 heavy (non-hydrogen) atoms. The average molecular weight is 250 g/mol. The quantitative estimate of drug-likeness (QED) is 0.836. The van der Waals surface area contributed by atoms with Gasteiger partial charge < -0.3 is 4.42 Å². The monoisotopic (exact) mass is 249 g/mol. The summed E-state index contributed by atoms with van der Waals surface area (Å²) in [7, 11) is 0. The maximum Gasteiger partial charge on any atom is 0.198 e. The lowest BCUT2D eigenvalue weighted by Gasteiger charge is -1.97. The molecule has 0 aliphatic rings. The number of carbonyl (C=O) groups excluding carboxylic acids is 1. The van der Waals surface area contributed by atoms with E-state index in [9.17, 15) is 4.79 Å². The number of ketones is 1. The van der Waals surface area contributed by atoms with E-state index in [1.165, 1.54) is 13.2 Å². The van der Waals surface area contributed by atoms with Gasteiger partial charge in [-0.1, -0.05) is 23.7 Å². The predicted octanol–water partition coefficient (Wildman–Crippen LogP) is 3.05. The smallest absolute Gasteiger partial charge is 0.198 e. The molecule has 0 radical (unpaired) electrons. The van der Waals surface area contributed by atoms with Crippen LogP contribution in [0.15, 0.2) is 34.9 Å². The zero-order valence-electron chi connectivity index (χ0n) is 9.44. The van der Waals surface area contributed by atoms with Crippen LogP contribution in [-0.4, -0.2) is 10.8 Å². The molecule has 0 spiro atoms. The predicted molar refractivity (Wildman–Crippen MR) is 65.1 cm³/mol. The minimum atomic E-state index is 0.0765. The van der Waals surface area contributed by atoms with Crippen LogP contribution in [0.2, 0.25) is 5.02 Å². The highest BCUT2D eigenvalue weighted by atomic mass is 35.5. The van der Waals surface area contributed by atoms with Gasteiger partial charge in [0.1, 0.15) is 12.0 Å². The van der Waals surface area contributed by atoms with Gasteiger partial charge in [0.15, 0.2) is 5.89 Å². The summed E-state index contributed by atoms with van der Waals surface area (Å²) < 4.78 is 5.30. The van der Waals surface area contributed by atoms with E-state index in [0.717, 1.165) is 5.56 Å². The molecule has 0 amide bonds.